The van der Waals surface area contributed by atoms with Crippen molar-refractivity contribution in [2.75, 3.05) is 12.3 Å². The van der Waals surface area contributed by atoms with Crippen LogP contribution in [-0.4, -0.2) is 28.6 Å². The second kappa shape index (κ2) is 6.97. The Hall–Kier alpha value is -0.480. The van der Waals surface area contributed by atoms with Gasteiger partial charge in [0.25, 0.3) is 0 Å². The van der Waals surface area contributed by atoms with E-state index in [1.807, 2.05) is 0 Å². The molecule has 0 aliphatic rings. The highest BCUT2D eigenvalue weighted by Crippen LogP contribution is 2.13. The molecule has 0 bridgehead atoms. The van der Waals surface area contributed by atoms with E-state index in [2.05, 4.69) is 6.92 Å². The lowest BCUT2D eigenvalue weighted by atomic mass is 10.3. The van der Waals surface area contributed by atoms with Crippen LogP contribution in [0, 0.1) is 0 Å². The van der Waals surface area contributed by atoms with Crippen LogP contribution in [-0.2, 0) is 4.79 Å². The fourth-order valence-electron chi connectivity index (χ4n) is 0.743. The van der Waals surface area contributed by atoms with Crippen molar-refractivity contribution in [3.05, 3.63) is 11.6 Å². The van der Waals surface area contributed by atoms with Gasteiger partial charge in [-0.15, -0.1) is 0 Å². The van der Waals surface area contributed by atoms with Gasteiger partial charge >= 0.3 is 5.97 Å². The molecule has 0 rings (SSSR count). The van der Waals surface area contributed by atoms with Crippen molar-refractivity contribution >= 4 is 17.7 Å². The zero-order valence-corrected chi connectivity index (χ0v) is 8.93. The van der Waals surface area contributed by atoms with Crippen molar-refractivity contribution in [1.82, 2.24) is 0 Å². The SMILES string of the molecule is CC(=CCSC(C)CCN)C(=O)O. The number of carboxylic acids is 1. The highest BCUT2D eigenvalue weighted by atomic mass is 32.2. The first-order valence-electron chi connectivity index (χ1n) is 4.29. The number of rotatable bonds is 6. The van der Waals surface area contributed by atoms with Crippen molar-refractivity contribution in [3.63, 3.8) is 0 Å². The summed E-state index contributed by atoms with van der Waals surface area (Å²) in [5, 5.41) is 9.06. The molecule has 76 valence electrons. The molecular weight excluding hydrogens is 186 g/mol. The van der Waals surface area contributed by atoms with Crippen LogP contribution >= 0.6 is 11.8 Å². The van der Waals surface area contributed by atoms with E-state index in [9.17, 15) is 4.79 Å². The maximum Gasteiger partial charge on any atom is 0.330 e. The molecule has 1 unspecified atom stereocenters. The van der Waals surface area contributed by atoms with E-state index in [-0.39, 0.29) is 0 Å². The zero-order chi connectivity index (χ0) is 10.3. The quantitative estimate of drug-likeness (QED) is 0.642. The second-order valence-corrected chi connectivity index (χ2v) is 4.38. The molecule has 0 aromatic rings. The maximum atomic E-state index is 10.4. The molecule has 3 N–H and O–H groups in total. The largest absolute Gasteiger partial charge is 0.478 e. The van der Waals surface area contributed by atoms with Gasteiger partial charge in [-0.3, -0.25) is 0 Å². The molecule has 0 aromatic heterocycles. The molecule has 0 heterocycles. The molecule has 0 aliphatic carbocycles. The van der Waals surface area contributed by atoms with Gasteiger partial charge < -0.3 is 10.8 Å². The van der Waals surface area contributed by atoms with Crippen LogP contribution in [0.15, 0.2) is 11.6 Å². The van der Waals surface area contributed by atoms with Gasteiger partial charge in [-0.25, -0.2) is 4.79 Å². The Morgan fingerprint density at radius 3 is 2.77 bits per heavy atom. The van der Waals surface area contributed by atoms with Gasteiger partial charge in [0.15, 0.2) is 0 Å². The Labute approximate surface area is 83.4 Å². The Balaban J connectivity index is 3.65. The first-order chi connectivity index (χ1) is 6.07. The van der Waals surface area contributed by atoms with E-state index in [0.29, 0.717) is 17.4 Å². The Morgan fingerprint density at radius 2 is 2.31 bits per heavy atom. The molecule has 3 nitrogen and oxygen atoms in total. The lowest BCUT2D eigenvalue weighted by molar-refractivity contribution is -0.132. The summed E-state index contributed by atoms with van der Waals surface area (Å²) in [6.45, 7) is 4.40. The van der Waals surface area contributed by atoms with Crippen LogP contribution in [0.4, 0.5) is 0 Å². The molecule has 1 atom stereocenters. The van der Waals surface area contributed by atoms with Crippen molar-refractivity contribution < 1.29 is 9.90 Å². The second-order valence-electron chi connectivity index (χ2n) is 2.91. The minimum atomic E-state index is -0.841. The average Bonchev–Trinajstić information content (AvgIpc) is 2.04. The van der Waals surface area contributed by atoms with Gasteiger partial charge in [0, 0.05) is 16.6 Å². The van der Waals surface area contributed by atoms with E-state index < -0.39 is 5.97 Å². The van der Waals surface area contributed by atoms with Gasteiger partial charge in [0.05, 0.1) is 0 Å². The number of nitrogens with two attached hydrogens (primary N) is 1. The van der Waals surface area contributed by atoms with E-state index in [1.165, 1.54) is 0 Å². The summed E-state index contributed by atoms with van der Waals surface area (Å²) in [5.74, 6) is -0.0914. The highest BCUT2D eigenvalue weighted by molar-refractivity contribution is 8.00. The lowest BCUT2D eigenvalue weighted by Crippen LogP contribution is -2.07. The molecule has 13 heavy (non-hydrogen) atoms. The number of hydrogen-bond donors (Lipinski definition) is 2. The number of thioether (sulfide) groups is 1. The monoisotopic (exact) mass is 203 g/mol. The Bertz CT molecular complexity index is 192. The third-order valence-corrected chi connectivity index (χ3v) is 2.84. The summed E-state index contributed by atoms with van der Waals surface area (Å²) >= 11 is 1.73. The third kappa shape index (κ3) is 6.66. The van der Waals surface area contributed by atoms with Crippen LogP contribution in [0.3, 0.4) is 0 Å². The molecule has 0 saturated heterocycles. The first-order valence-corrected chi connectivity index (χ1v) is 5.34. The average molecular weight is 203 g/mol. The number of carbonyl (C=O) groups is 1. The number of aliphatic carboxylic acids is 1. The molecule has 4 heteroatoms. The van der Waals surface area contributed by atoms with Crippen LogP contribution in [0.25, 0.3) is 0 Å². The summed E-state index contributed by atoms with van der Waals surface area (Å²) in [6, 6.07) is 0. The number of hydrogen-bond acceptors (Lipinski definition) is 3. The first kappa shape index (κ1) is 12.5. The fraction of sp³-hybridized carbons (Fsp3) is 0.667. The van der Waals surface area contributed by atoms with E-state index >= 15 is 0 Å². The molecule has 0 amide bonds. The van der Waals surface area contributed by atoms with E-state index in [4.69, 9.17) is 10.8 Å². The smallest absolute Gasteiger partial charge is 0.330 e. The minimum Gasteiger partial charge on any atom is -0.478 e. The minimum absolute atomic E-state index is 0.410. The van der Waals surface area contributed by atoms with Crippen molar-refractivity contribution in [2.24, 2.45) is 5.73 Å². The van der Waals surface area contributed by atoms with Gasteiger partial charge in [0.2, 0.25) is 0 Å². The third-order valence-electron chi connectivity index (χ3n) is 1.68. The predicted octanol–water partition coefficient (Wildman–Crippen LogP) is 1.49. The maximum absolute atomic E-state index is 10.4. The number of carboxylic acid groups (broad SMARTS) is 1. The van der Waals surface area contributed by atoms with E-state index in [1.54, 1.807) is 24.8 Å². The van der Waals surface area contributed by atoms with Gasteiger partial charge in [-0.2, -0.15) is 11.8 Å². The molecule has 0 aromatic carbocycles. The molecule has 0 saturated carbocycles. The van der Waals surface area contributed by atoms with Crippen molar-refractivity contribution in [2.45, 2.75) is 25.5 Å². The molecular formula is C9H17NO2S. The molecule has 0 spiro atoms. The fourth-order valence-corrected chi connectivity index (χ4v) is 1.72. The van der Waals surface area contributed by atoms with Gasteiger partial charge in [0.1, 0.15) is 0 Å². The predicted molar refractivity (Wildman–Crippen MR) is 57.0 cm³/mol. The Morgan fingerprint density at radius 1 is 1.69 bits per heavy atom. The van der Waals surface area contributed by atoms with Crippen LogP contribution in [0.2, 0.25) is 0 Å². The lowest BCUT2D eigenvalue weighted by Gasteiger charge is -2.06. The summed E-state index contributed by atoms with van der Waals surface area (Å²) in [4.78, 5) is 10.4. The zero-order valence-electron chi connectivity index (χ0n) is 8.12. The van der Waals surface area contributed by atoms with Crippen LogP contribution in [0.5, 0.6) is 0 Å². The summed E-state index contributed by atoms with van der Waals surface area (Å²) < 4.78 is 0. The Kier molecular flexibility index (Phi) is 6.72. The standard InChI is InChI=1S/C9H17NO2S/c1-7(9(11)12)4-6-13-8(2)3-5-10/h4,8H,3,5-6,10H2,1-2H3,(H,11,12). The van der Waals surface area contributed by atoms with Crippen LogP contribution < -0.4 is 5.73 Å². The molecule has 0 radical (unpaired) electrons. The summed E-state index contributed by atoms with van der Waals surface area (Å²) in [5.41, 5.74) is 5.80. The normalized spacial score (nSPS) is 14.2. The topological polar surface area (TPSA) is 63.3 Å². The molecule has 0 aliphatic heterocycles. The van der Waals surface area contributed by atoms with E-state index in [0.717, 1.165) is 12.2 Å². The van der Waals surface area contributed by atoms with Crippen molar-refractivity contribution in [3.8, 4) is 0 Å². The van der Waals surface area contributed by atoms with Gasteiger partial charge in [-0.05, 0) is 19.9 Å². The van der Waals surface area contributed by atoms with Crippen LogP contribution in [0.1, 0.15) is 20.3 Å². The summed E-state index contributed by atoms with van der Waals surface area (Å²) in [6.07, 6.45) is 2.71. The molecule has 0 fully saturated rings. The summed E-state index contributed by atoms with van der Waals surface area (Å²) in [7, 11) is 0. The van der Waals surface area contributed by atoms with Crippen molar-refractivity contribution in [1.29, 1.82) is 0 Å². The highest BCUT2D eigenvalue weighted by Gasteiger charge is 2.01. The van der Waals surface area contributed by atoms with Gasteiger partial charge in [-0.1, -0.05) is 13.0 Å².